The van der Waals surface area contributed by atoms with Gasteiger partial charge in [-0.25, -0.2) is 0 Å². The standard InChI is InChI=1S/C41H29N/c1-41(2)34-21-12-20-33-28-15-10-11-22-36(28)42(40(33)34)37-24-23-27(25-35(37)41)39-31-18-8-6-16-29(31)38(26-13-4-3-5-14-26)30-17-7-9-19-32(30)39/h3-25H,1-2H3. The van der Waals surface area contributed by atoms with Gasteiger partial charge in [-0.2, -0.15) is 0 Å². The Kier molecular flexibility index (Phi) is 4.73. The highest BCUT2D eigenvalue weighted by Gasteiger charge is 2.35. The smallest absolute Gasteiger partial charge is 0.0582 e. The van der Waals surface area contributed by atoms with Crippen LogP contribution >= 0.6 is 0 Å². The molecule has 7 aromatic carbocycles. The van der Waals surface area contributed by atoms with Crippen LogP contribution in [-0.2, 0) is 5.41 Å². The van der Waals surface area contributed by atoms with E-state index in [1.54, 1.807) is 0 Å². The monoisotopic (exact) mass is 535 g/mol. The van der Waals surface area contributed by atoms with Crippen LogP contribution in [0, 0.1) is 0 Å². The maximum atomic E-state index is 2.50. The van der Waals surface area contributed by atoms with E-state index >= 15 is 0 Å². The van der Waals surface area contributed by atoms with Crippen LogP contribution in [0.5, 0.6) is 0 Å². The van der Waals surface area contributed by atoms with E-state index < -0.39 is 0 Å². The van der Waals surface area contributed by atoms with Crippen LogP contribution in [0.25, 0.3) is 71.3 Å². The van der Waals surface area contributed by atoms with Crippen molar-refractivity contribution in [1.29, 1.82) is 0 Å². The first-order valence-electron chi connectivity index (χ1n) is 14.8. The lowest BCUT2D eigenvalue weighted by Crippen LogP contribution is -2.26. The number of nitrogens with zero attached hydrogens (tertiary/aromatic N) is 1. The molecule has 0 bridgehead atoms. The maximum Gasteiger partial charge on any atom is 0.0582 e. The highest BCUT2D eigenvalue weighted by atomic mass is 15.0. The quantitative estimate of drug-likeness (QED) is 0.194. The number of hydrogen-bond acceptors (Lipinski definition) is 0. The molecule has 0 unspecified atom stereocenters. The largest absolute Gasteiger partial charge is 0.309 e. The summed E-state index contributed by atoms with van der Waals surface area (Å²) in [6.07, 6.45) is 0. The SMILES string of the molecule is CC1(C)c2cc(-c3c4ccccc4c(-c4ccccc4)c4ccccc34)ccc2-n2c3ccccc3c3cccc1c32. The van der Waals surface area contributed by atoms with Gasteiger partial charge in [-0.3, -0.25) is 0 Å². The molecule has 1 aliphatic rings. The lowest BCUT2D eigenvalue weighted by molar-refractivity contribution is 0.630. The molecule has 0 saturated carbocycles. The molecular weight excluding hydrogens is 506 g/mol. The van der Waals surface area contributed by atoms with E-state index in [1.807, 2.05) is 0 Å². The zero-order valence-electron chi connectivity index (χ0n) is 23.7. The summed E-state index contributed by atoms with van der Waals surface area (Å²) in [6, 6.07) is 51.5. The van der Waals surface area contributed by atoms with Crippen LogP contribution < -0.4 is 0 Å². The predicted octanol–water partition coefficient (Wildman–Crippen LogP) is 11.1. The van der Waals surface area contributed by atoms with E-state index in [1.165, 1.54) is 82.4 Å². The Morgan fingerprint density at radius 2 is 0.976 bits per heavy atom. The van der Waals surface area contributed by atoms with Crippen molar-refractivity contribution in [2.45, 2.75) is 19.3 Å². The normalized spacial score (nSPS) is 13.7. The molecular formula is C41H29N. The average molecular weight is 536 g/mol. The van der Waals surface area contributed by atoms with Crippen molar-refractivity contribution >= 4 is 43.4 Å². The fourth-order valence-electron chi connectivity index (χ4n) is 7.66. The second kappa shape index (κ2) is 8.44. The van der Waals surface area contributed by atoms with Crippen molar-refractivity contribution in [2.75, 3.05) is 0 Å². The van der Waals surface area contributed by atoms with Crippen LogP contribution in [0.2, 0.25) is 0 Å². The van der Waals surface area contributed by atoms with E-state index in [0.717, 1.165) is 0 Å². The summed E-state index contributed by atoms with van der Waals surface area (Å²) in [4.78, 5) is 0. The van der Waals surface area contributed by atoms with Crippen LogP contribution in [0.4, 0.5) is 0 Å². The molecule has 9 rings (SSSR count). The first-order chi connectivity index (χ1) is 20.6. The van der Waals surface area contributed by atoms with E-state index in [4.69, 9.17) is 0 Å². The van der Waals surface area contributed by atoms with E-state index in [0.29, 0.717) is 0 Å². The minimum atomic E-state index is -0.148. The summed E-state index contributed by atoms with van der Waals surface area (Å²) < 4.78 is 2.50. The van der Waals surface area contributed by atoms with Crippen molar-refractivity contribution in [3.63, 3.8) is 0 Å². The number of aromatic nitrogens is 1. The Labute approximate surface area is 245 Å². The van der Waals surface area contributed by atoms with Gasteiger partial charge in [0.1, 0.15) is 0 Å². The summed E-state index contributed by atoms with van der Waals surface area (Å²) in [5.74, 6) is 0. The van der Waals surface area contributed by atoms with E-state index in [9.17, 15) is 0 Å². The highest BCUT2D eigenvalue weighted by molar-refractivity contribution is 6.21. The Morgan fingerprint density at radius 1 is 0.429 bits per heavy atom. The topological polar surface area (TPSA) is 4.93 Å². The van der Waals surface area contributed by atoms with Crippen molar-refractivity contribution in [3.8, 4) is 27.9 Å². The molecule has 0 saturated heterocycles. The summed E-state index contributed by atoms with van der Waals surface area (Å²) in [5, 5.41) is 7.81. The average Bonchev–Trinajstić information content (AvgIpc) is 3.38. The van der Waals surface area contributed by atoms with Gasteiger partial charge >= 0.3 is 0 Å². The third-order valence-electron chi connectivity index (χ3n) is 9.56. The second-order valence-corrected chi connectivity index (χ2v) is 12.1. The van der Waals surface area contributed by atoms with Crippen LogP contribution in [0.3, 0.4) is 0 Å². The number of fused-ring (bicyclic) bond motifs is 7. The number of para-hydroxylation sites is 2. The van der Waals surface area contributed by atoms with Crippen molar-refractivity contribution in [2.24, 2.45) is 0 Å². The Morgan fingerprint density at radius 3 is 1.64 bits per heavy atom. The lowest BCUT2D eigenvalue weighted by Gasteiger charge is -2.35. The van der Waals surface area contributed by atoms with Crippen LogP contribution in [0.15, 0.2) is 140 Å². The molecule has 0 atom stereocenters. The zero-order valence-corrected chi connectivity index (χ0v) is 23.7. The van der Waals surface area contributed by atoms with E-state index in [-0.39, 0.29) is 5.41 Å². The molecule has 1 aliphatic heterocycles. The minimum absolute atomic E-state index is 0.148. The summed E-state index contributed by atoms with van der Waals surface area (Å²) >= 11 is 0. The molecule has 8 aromatic rings. The fraction of sp³-hybridized carbons (Fsp3) is 0.0732. The van der Waals surface area contributed by atoms with Crippen molar-refractivity contribution < 1.29 is 0 Å². The minimum Gasteiger partial charge on any atom is -0.309 e. The van der Waals surface area contributed by atoms with Crippen molar-refractivity contribution in [1.82, 2.24) is 4.57 Å². The molecule has 0 aliphatic carbocycles. The van der Waals surface area contributed by atoms with Gasteiger partial charge in [-0.15, -0.1) is 0 Å². The summed E-state index contributed by atoms with van der Waals surface area (Å²) in [5.41, 5.74) is 11.6. The molecule has 0 fully saturated rings. The van der Waals surface area contributed by atoms with Gasteiger partial charge in [-0.1, -0.05) is 135 Å². The number of benzene rings is 7. The Balaban J connectivity index is 1.39. The molecule has 0 amide bonds. The van der Waals surface area contributed by atoms with Gasteiger partial charge in [0.05, 0.1) is 16.7 Å². The molecule has 0 spiro atoms. The van der Waals surface area contributed by atoms with Crippen LogP contribution in [0.1, 0.15) is 25.0 Å². The molecule has 1 heteroatoms. The van der Waals surface area contributed by atoms with Gasteiger partial charge in [0.15, 0.2) is 0 Å². The molecule has 0 radical (unpaired) electrons. The molecule has 0 N–H and O–H groups in total. The molecule has 2 heterocycles. The summed E-state index contributed by atoms with van der Waals surface area (Å²) in [7, 11) is 0. The van der Waals surface area contributed by atoms with Gasteiger partial charge in [0, 0.05) is 16.2 Å². The van der Waals surface area contributed by atoms with Crippen molar-refractivity contribution in [3.05, 3.63) is 151 Å². The predicted molar refractivity (Wildman–Crippen MR) is 179 cm³/mol. The fourth-order valence-corrected chi connectivity index (χ4v) is 7.66. The zero-order chi connectivity index (χ0) is 28.0. The summed E-state index contributed by atoms with van der Waals surface area (Å²) in [6.45, 7) is 4.78. The maximum absolute atomic E-state index is 2.50. The first-order valence-corrected chi connectivity index (χ1v) is 14.8. The van der Waals surface area contributed by atoms with Gasteiger partial charge in [0.25, 0.3) is 0 Å². The van der Waals surface area contributed by atoms with Gasteiger partial charge < -0.3 is 4.57 Å². The third kappa shape index (κ3) is 3.03. The van der Waals surface area contributed by atoms with Crippen LogP contribution in [-0.4, -0.2) is 4.57 Å². The third-order valence-corrected chi connectivity index (χ3v) is 9.56. The molecule has 1 nitrogen and oxygen atoms in total. The number of hydrogen-bond donors (Lipinski definition) is 0. The molecule has 42 heavy (non-hydrogen) atoms. The number of rotatable bonds is 2. The molecule has 1 aromatic heterocycles. The Bertz CT molecular complexity index is 2310. The highest BCUT2D eigenvalue weighted by Crippen LogP contribution is 2.50. The first kappa shape index (κ1) is 23.6. The van der Waals surface area contributed by atoms with Gasteiger partial charge in [-0.05, 0) is 73.1 Å². The van der Waals surface area contributed by atoms with Gasteiger partial charge in [0.2, 0.25) is 0 Å². The van der Waals surface area contributed by atoms with E-state index in [2.05, 4.69) is 158 Å². The molecule has 198 valence electrons. The Hall–Kier alpha value is -5.14. The second-order valence-electron chi connectivity index (χ2n) is 12.1. The lowest BCUT2D eigenvalue weighted by atomic mass is 9.73.